The van der Waals surface area contributed by atoms with Gasteiger partial charge in [0.05, 0.1) is 0 Å². The average molecular weight is 465 g/mol. The van der Waals surface area contributed by atoms with Gasteiger partial charge in [-0.3, -0.25) is 24.2 Å². The maximum absolute atomic E-state index is 12.4. The first-order valence-corrected chi connectivity index (χ1v) is 9.77. The number of hydrogen-bond acceptors (Lipinski definition) is 12. The number of imidazole rings is 1. The number of H-pyrrole nitrogens is 1. The monoisotopic (exact) mass is 465 g/mol. The van der Waals surface area contributed by atoms with E-state index in [1.54, 1.807) is 0 Å². The molecule has 14 nitrogen and oxygen atoms in total. The van der Waals surface area contributed by atoms with Crippen LogP contribution in [0, 0.1) is 0 Å². The summed E-state index contributed by atoms with van der Waals surface area (Å²) in [7, 11) is 0. The highest BCUT2D eigenvalue weighted by Gasteiger charge is 2.52. The molecule has 3 N–H and O–H groups in total. The van der Waals surface area contributed by atoms with Crippen LogP contribution in [0.5, 0.6) is 6.01 Å². The number of carbonyl (C=O) groups is 3. The lowest BCUT2D eigenvalue weighted by Gasteiger charge is -2.24. The topological polar surface area (TPSA) is 187 Å². The van der Waals surface area contributed by atoms with Crippen LogP contribution in [0.4, 0.5) is 5.95 Å². The molecule has 1 fully saturated rings. The SMILES string of the molecule is C=CCOc1nc2c(=O)[nH]c(N)nc2n1C1OC(COC(C)=O)C(OC(C)=O)C1OC(C)=O. The van der Waals surface area contributed by atoms with Gasteiger partial charge in [-0.05, 0) is 0 Å². The number of nitrogens with zero attached hydrogens (tertiary/aromatic N) is 3. The highest BCUT2D eigenvalue weighted by molar-refractivity contribution is 5.73. The lowest BCUT2D eigenvalue weighted by Crippen LogP contribution is -2.40. The zero-order valence-corrected chi connectivity index (χ0v) is 18.1. The minimum absolute atomic E-state index is 0.00586. The summed E-state index contributed by atoms with van der Waals surface area (Å²) in [6, 6.07) is -0.120. The van der Waals surface area contributed by atoms with Crippen LogP contribution in [0.3, 0.4) is 0 Å². The predicted octanol–water partition coefficient (Wildman–Crippen LogP) is -0.409. The number of aromatic nitrogens is 4. The molecule has 0 saturated carbocycles. The maximum atomic E-state index is 12.4. The number of aromatic amines is 1. The third-order valence-electron chi connectivity index (χ3n) is 4.46. The Bertz CT molecular complexity index is 1140. The molecule has 33 heavy (non-hydrogen) atoms. The van der Waals surface area contributed by atoms with Crippen molar-refractivity contribution in [3.05, 3.63) is 23.0 Å². The molecule has 0 radical (unpaired) electrons. The molecule has 2 aromatic rings. The number of rotatable bonds is 8. The molecular formula is C19H23N5O9. The number of carbonyl (C=O) groups excluding carboxylic acids is 3. The quantitative estimate of drug-likeness (QED) is 0.292. The minimum Gasteiger partial charge on any atom is -0.463 e. The van der Waals surface area contributed by atoms with Gasteiger partial charge in [0.2, 0.25) is 5.95 Å². The first-order valence-electron chi connectivity index (χ1n) is 9.77. The third-order valence-corrected chi connectivity index (χ3v) is 4.46. The number of anilines is 1. The molecule has 1 aliphatic rings. The van der Waals surface area contributed by atoms with E-state index in [9.17, 15) is 19.2 Å². The summed E-state index contributed by atoms with van der Waals surface area (Å²) in [4.78, 5) is 58.0. The lowest BCUT2D eigenvalue weighted by atomic mass is 10.1. The first kappa shape index (κ1) is 23.7. The molecule has 14 heteroatoms. The molecule has 0 amide bonds. The number of ether oxygens (including phenoxy) is 5. The van der Waals surface area contributed by atoms with Gasteiger partial charge >= 0.3 is 23.9 Å². The van der Waals surface area contributed by atoms with Gasteiger partial charge in [0.15, 0.2) is 29.6 Å². The number of nitrogens with two attached hydrogens (primary N) is 1. The van der Waals surface area contributed by atoms with E-state index < -0.39 is 48.0 Å². The highest BCUT2D eigenvalue weighted by atomic mass is 16.7. The molecule has 3 heterocycles. The van der Waals surface area contributed by atoms with E-state index in [1.165, 1.54) is 17.6 Å². The van der Waals surface area contributed by atoms with Gasteiger partial charge in [-0.1, -0.05) is 12.7 Å². The Labute approximate surface area is 186 Å². The summed E-state index contributed by atoms with van der Waals surface area (Å²) >= 11 is 0. The van der Waals surface area contributed by atoms with E-state index in [4.69, 9.17) is 29.4 Å². The smallest absolute Gasteiger partial charge is 0.303 e. The van der Waals surface area contributed by atoms with Crippen molar-refractivity contribution in [3.63, 3.8) is 0 Å². The molecule has 1 aliphatic heterocycles. The summed E-state index contributed by atoms with van der Waals surface area (Å²) in [6.07, 6.45) is -3.23. The number of fused-ring (bicyclic) bond motifs is 1. The van der Waals surface area contributed by atoms with Crippen LogP contribution in [0.1, 0.15) is 27.0 Å². The first-order chi connectivity index (χ1) is 15.6. The normalized spacial score (nSPS) is 22.0. The largest absolute Gasteiger partial charge is 0.463 e. The van der Waals surface area contributed by atoms with Gasteiger partial charge in [0.25, 0.3) is 5.56 Å². The number of nitrogen functional groups attached to an aromatic ring is 1. The van der Waals surface area contributed by atoms with Gasteiger partial charge in [-0.15, -0.1) is 0 Å². The van der Waals surface area contributed by atoms with E-state index in [-0.39, 0.29) is 36.3 Å². The van der Waals surface area contributed by atoms with Crippen LogP contribution in [0.25, 0.3) is 11.2 Å². The summed E-state index contributed by atoms with van der Waals surface area (Å²) < 4.78 is 28.6. The Kier molecular flexibility index (Phi) is 6.96. The fraction of sp³-hybridized carbons (Fsp3) is 0.474. The van der Waals surface area contributed by atoms with Crippen molar-refractivity contribution in [3.8, 4) is 6.01 Å². The molecule has 3 rings (SSSR count). The van der Waals surface area contributed by atoms with Crippen molar-refractivity contribution in [1.29, 1.82) is 0 Å². The summed E-state index contributed by atoms with van der Waals surface area (Å²) in [5.74, 6) is -2.20. The van der Waals surface area contributed by atoms with Gasteiger partial charge in [0, 0.05) is 20.8 Å². The summed E-state index contributed by atoms with van der Waals surface area (Å²) in [5.41, 5.74) is 4.90. The number of nitrogens with one attached hydrogen (secondary N) is 1. The van der Waals surface area contributed by atoms with Gasteiger partial charge < -0.3 is 29.4 Å². The fourth-order valence-corrected chi connectivity index (χ4v) is 3.35. The standard InChI is InChI=1S/C19H23N5O9/c1-5-6-29-19-21-12-15(22-18(20)23-16(12)28)24(19)17-14(32-10(4)27)13(31-9(3)26)11(33-17)7-30-8(2)25/h5,11,13-14,17H,1,6-7H2,2-4H3,(H3,20,22,23,28). The zero-order chi connectivity index (χ0) is 24.3. The number of esters is 3. The Hall–Kier alpha value is -3.94. The van der Waals surface area contributed by atoms with E-state index in [0.29, 0.717) is 0 Å². The second-order valence-corrected chi connectivity index (χ2v) is 7.00. The van der Waals surface area contributed by atoms with E-state index in [1.807, 2.05) is 0 Å². The van der Waals surface area contributed by atoms with Crippen LogP contribution in [0.15, 0.2) is 17.4 Å². The molecule has 4 unspecified atom stereocenters. The van der Waals surface area contributed by atoms with Gasteiger partial charge in [-0.25, -0.2) is 4.57 Å². The Morgan fingerprint density at radius 2 is 1.82 bits per heavy atom. The zero-order valence-electron chi connectivity index (χ0n) is 18.1. The van der Waals surface area contributed by atoms with E-state index >= 15 is 0 Å². The average Bonchev–Trinajstić information content (AvgIpc) is 3.22. The van der Waals surface area contributed by atoms with Crippen molar-refractivity contribution >= 4 is 35.0 Å². The molecule has 178 valence electrons. The highest BCUT2D eigenvalue weighted by Crippen LogP contribution is 2.38. The van der Waals surface area contributed by atoms with Crippen molar-refractivity contribution < 1.29 is 38.1 Å². The summed E-state index contributed by atoms with van der Waals surface area (Å²) in [6.45, 7) is 6.77. The van der Waals surface area contributed by atoms with Crippen molar-refractivity contribution in [2.45, 2.75) is 45.3 Å². The van der Waals surface area contributed by atoms with E-state index in [2.05, 4.69) is 21.5 Å². The van der Waals surface area contributed by atoms with E-state index in [0.717, 1.165) is 13.8 Å². The van der Waals surface area contributed by atoms with Gasteiger partial charge in [0.1, 0.15) is 19.3 Å². The van der Waals surface area contributed by atoms with Crippen molar-refractivity contribution in [1.82, 2.24) is 19.5 Å². The minimum atomic E-state index is -1.24. The summed E-state index contributed by atoms with van der Waals surface area (Å²) in [5, 5.41) is 0. The molecule has 0 spiro atoms. The molecule has 4 atom stereocenters. The molecular weight excluding hydrogens is 442 g/mol. The molecule has 1 saturated heterocycles. The van der Waals surface area contributed by atoms with Crippen LogP contribution in [0.2, 0.25) is 0 Å². The fourth-order valence-electron chi connectivity index (χ4n) is 3.35. The van der Waals surface area contributed by atoms with Crippen LogP contribution in [-0.4, -0.2) is 69.0 Å². The second kappa shape index (κ2) is 9.68. The third kappa shape index (κ3) is 5.11. The van der Waals surface area contributed by atoms with Crippen molar-refractivity contribution in [2.24, 2.45) is 0 Å². The molecule has 0 aromatic carbocycles. The predicted molar refractivity (Wildman–Crippen MR) is 110 cm³/mol. The lowest BCUT2D eigenvalue weighted by molar-refractivity contribution is -0.166. The second-order valence-electron chi connectivity index (χ2n) is 7.00. The molecule has 0 bridgehead atoms. The van der Waals surface area contributed by atoms with Crippen LogP contribution >= 0.6 is 0 Å². The number of hydrogen-bond donors (Lipinski definition) is 2. The van der Waals surface area contributed by atoms with Gasteiger partial charge in [-0.2, -0.15) is 9.97 Å². The Morgan fingerprint density at radius 1 is 1.15 bits per heavy atom. The van der Waals surface area contributed by atoms with Crippen molar-refractivity contribution in [2.75, 3.05) is 18.9 Å². The molecule has 2 aromatic heterocycles. The maximum Gasteiger partial charge on any atom is 0.303 e. The Morgan fingerprint density at radius 3 is 2.42 bits per heavy atom. The molecule has 0 aliphatic carbocycles. The van der Waals surface area contributed by atoms with Crippen LogP contribution < -0.4 is 16.0 Å². The Balaban J connectivity index is 2.17. The van der Waals surface area contributed by atoms with Crippen LogP contribution in [-0.2, 0) is 33.3 Å².